The van der Waals surface area contributed by atoms with E-state index in [1.807, 2.05) is 16.5 Å². The number of hydrogen-bond acceptors (Lipinski definition) is 3. The van der Waals surface area contributed by atoms with Gasteiger partial charge in [0.2, 0.25) is 5.91 Å². The van der Waals surface area contributed by atoms with Gasteiger partial charge in [-0.25, -0.2) is 0 Å². The summed E-state index contributed by atoms with van der Waals surface area (Å²) in [4.78, 5) is 14.6. The first-order chi connectivity index (χ1) is 11.7. The molecule has 1 aliphatic carbocycles. The Hall–Kier alpha value is -2.17. The molecule has 5 heteroatoms. The van der Waals surface area contributed by atoms with Gasteiger partial charge < -0.3 is 9.47 Å². The van der Waals surface area contributed by atoms with Crippen LogP contribution in [0.2, 0.25) is 0 Å². The van der Waals surface area contributed by atoms with E-state index in [1.165, 1.54) is 30.4 Å². The van der Waals surface area contributed by atoms with Crippen LogP contribution in [0.15, 0.2) is 24.5 Å². The highest BCUT2D eigenvalue weighted by atomic mass is 16.2. The molecule has 0 bridgehead atoms. The van der Waals surface area contributed by atoms with Crippen molar-refractivity contribution in [3.05, 3.63) is 47.0 Å². The van der Waals surface area contributed by atoms with Crippen LogP contribution in [0.3, 0.4) is 0 Å². The van der Waals surface area contributed by atoms with E-state index in [0.29, 0.717) is 12.3 Å². The Morgan fingerprint density at radius 3 is 2.75 bits per heavy atom. The van der Waals surface area contributed by atoms with Crippen molar-refractivity contribution in [1.82, 2.24) is 19.7 Å². The van der Waals surface area contributed by atoms with Crippen molar-refractivity contribution in [2.45, 2.75) is 44.4 Å². The van der Waals surface area contributed by atoms with E-state index in [-0.39, 0.29) is 5.91 Å². The number of carbonyl (C=O) groups excluding carboxylic acids is 1. The van der Waals surface area contributed by atoms with Gasteiger partial charge in [-0.3, -0.25) is 4.79 Å². The highest BCUT2D eigenvalue weighted by Gasteiger charge is 2.26. The molecule has 0 spiro atoms. The number of aromatic nitrogens is 3. The van der Waals surface area contributed by atoms with Gasteiger partial charge in [0.1, 0.15) is 12.2 Å². The van der Waals surface area contributed by atoms with Crippen LogP contribution >= 0.6 is 0 Å². The van der Waals surface area contributed by atoms with Crippen molar-refractivity contribution < 1.29 is 4.79 Å². The van der Waals surface area contributed by atoms with E-state index in [4.69, 9.17) is 0 Å². The second kappa shape index (κ2) is 6.38. The van der Waals surface area contributed by atoms with Gasteiger partial charge in [0, 0.05) is 26.1 Å². The van der Waals surface area contributed by atoms with Crippen LogP contribution in [0.4, 0.5) is 0 Å². The lowest BCUT2D eigenvalue weighted by Crippen LogP contribution is -2.39. The number of likely N-dealkylation sites (tertiary alicyclic amines) is 1. The Labute approximate surface area is 142 Å². The number of hydrogen-bond donors (Lipinski definition) is 0. The molecule has 0 saturated carbocycles. The molecule has 1 amide bonds. The van der Waals surface area contributed by atoms with E-state index >= 15 is 0 Å². The van der Waals surface area contributed by atoms with Gasteiger partial charge in [-0.1, -0.05) is 18.2 Å². The first kappa shape index (κ1) is 15.4. The minimum absolute atomic E-state index is 0.254. The number of rotatable bonds is 3. The molecular weight excluding hydrogens is 300 g/mol. The Morgan fingerprint density at radius 1 is 1.21 bits per heavy atom. The van der Waals surface area contributed by atoms with Crippen molar-refractivity contribution in [1.29, 1.82) is 0 Å². The van der Waals surface area contributed by atoms with Crippen LogP contribution in [-0.4, -0.2) is 38.7 Å². The molecule has 0 N–H and O–H groups in total. The third-order valence-corrected chi connectivity index (χ3v) is 5.48. The van der Waals surface area contributed by atoms with E-state index in [2.05, 4.69) is 28.4 Å². The Morgan fingerprint density at radius 2 is 2.00 bits per heavy atom. The van der Waals surface area contributed by atoms with Crippen molar-refractivity contribution >= 4 is 5.91 Å². The summed E-state index contributed by atoms with van der Waals surface area (Å²) in [7, 11) is 1.99. The molecule has 4 rings (SSSR count). The smallest absolute Gasteiger partial charge is 0.226 e. The fraction of sp³-hybridized carbons (Fsp3) is 0.526. The molecule has 1 saturated heterocycles. The zero-order valence-electron chi connectivity index (χ0n) is 14.2. The third kappa shape index (κ3) is 2.95. The molecular formula is C19H24N4O. The fourth-order valence-electron chi connectivity index (χ4n) is 4.07. The lowest BCUT2D eigenvalue weighted by atomic mass is 9.95. The summed E-state index contributed by atoms with van der Waals surface area (Å²) in [5, 5.41) is 8.19. The molecule has 1 aromatic carbocycles. The Kier molecular flexibility index (Phi) is 4.08. The maximum absolute atomic E-state index is 12.6. The number of carbonyl (C=O) groups is 1. The van der Waals surface area contributed by atoms with Gasteiger partial charge in [-0.15, -0.1) is 10.2 Å². The standard InChI is InChI=1S/C19H24N4O/c1-22-13-20-21-19(22)16-7-9-23(10-8-16)18(24)12-14-5-6-15-3-2-4-17(15)11-14/h5-6,11,13,16H,2-4,7-10,12H2,1H3. The van der Waals surface area contributed by atoms with Gasteiger partial charge >= 0.3 is 0 Å². The van der Waals surface area contributed by atoms with Crippen LogP contribution in [0, 0.1) is 0 Å². The topological polar surface area (TPSA) is 51.0 Å². The number of amides is 1. The van der Waals surface area contributed by atoms with Crippen molar-refractivity contribution in [2.24, 2.45) is 7.05 Å². The molecule has 5 nitrogen and oxygen atoms in total. The van der Waals surface area contributed by atoms with E-state index in [1.54, 1.807) is 6.33 Å². The second-order valence-electron chi connectivity index (χ2n) is 7.09. The quantitative estimate of drug-likeness (QED) is 0.870. The van der Waals surface area contributed by atoms with Gasteiger partial charge in [0.05, 0.1) is 6.42 Å². The molecule has 126 valence electrons. The van der Waals surface area contributed by atoms with Crippen molar-refractivity contribution in [2.75, 3.05) is 13.1 Å². The summed E-state index contributed by atoms with van der Waals surface area (Å²) in [6.07, 6.45) is 7.84. The molecule has 1 aromatic heterocycles. The summed E-state index contributed by atoms with van der Waals surface area (Å²) < 4.78 is 1.99. The molecule has 24 heavy (non-hydrogen) atoms. The van der Waals surface area contributed by atoms with Crippen LogP contribution in [0.1, 0.15) is 47.7 Å². The number of aryl methyl sites for hydroxylation is 3. The highest BCUT2D eigenvalue weighted by molar-refractivity contribution is 5.79. The molecule has 1 aliphatic heterocycles. The van der Waals surface area contributed by atoms with Crippen molar-refractivity contribution in [3.63, 3.8) is 0 Å². The maximum atomic E-state index is 12.6. The van der Waals surface area contributed by atoms with Crippen LogP contribution in [-0.2, 0) is 31.1 Å². The Bertz CT molecular complexity index is 744. The number of benzene rings is 1. The molecule has 2 aromatic rings. The summed E-state index contributed by atoms with van der Waals surface area (Å²) in [5.41, 5.74) is 4.08. The van der Waals surface area contributed by atoms with Gasteiger partial charge in [0.15, 0.2) is 0 Å². The largest absolute Gasteiger partial charge is 0.342 e. The summed E-state index contributed by atoms with van der Waals surface area (Å²) in [6.45, 7) is 1.64. The van der Waals surface area contributed by atoms with E-state index in [9.17, 15) is 4.79 Å². The summed E-state index contributed by atoms with van der Waals surface area (Å²) >= 11 is 0. The zero-order chi connectivity index (χ0) is 16.5. The minimum Gasteiger partial charge on any atom is -0.342 e. The van der Waals surface area contributed by atoms with Crippen molar-refractivity contribution in [3.8, 4) is 0 Å². The predicted molar refractivity (Wildman–Crippen MR) is 91.7 cm³/mol. The zero-order valence-corrected chi connectivity index (χ0v) is 14.2. The lowest BCUT2D eigenvalue weighted by Gasteiger charge is -2.31. The van der Waals surface area contributed by atoms with Gasteiger partial charge in [0.25, 0.3) is 0 Å². The molecule has 2 heterocycles. The second-order valence-corrected chi connectivity index (χ2v) is 7.09. The van der Waals surface area contributed by atoms with E-state index in [0.717, 1.165) is 37.3 Å². The molecule has 0 unspecified atom stereocenters. The van der Waals surface area contributed by atoms with E-state index < -0.39 is 0 Å². The van der Waals surface area contributed by atoms with Gasteiger partial charge in [-0.2, -0.15) is 0 Å². The van der Waals surface area contributed by atoms with Gasteiger partial charge in [-0.05, 0) is 48.8 Å². The molecule has 0 atom stereocenters. The molecule has 2 aliphatic rings. The lowest BCUT2D eigenvalue weighted by molar-refractivity contribution is -0.131. The van der Waals surface area contributed by atoms with Crippen LogP contribution in [0.5, 0.6) is 0 Å². The van der Waals surface area contributed by atoms with Crippen LogP contribution < -0.4 is 0 Å². The number of piperidine rings is 1. The normalized spacial score (nSPS) is 18.0. The Balaban J connectivity index is 1.35. The fourth-order valence-corrected chi connectivity index (χ4v) is 4.07. The number of nitrogens with zero attached hydrogens (tertiary/aromatic N) is 4. The first-order valence-corrected chi connectivity index (χ1v) is 8.93. The highest BCUT2D eigenvalue weighted by Crippen LogP contribution is 2.27. The van der Waals surface area contributed by atoms with Crippen LogP contribution in [0.25, 0.3) is 0 Å². The average molecular weight is 324 g/mol. The maximum Gasteiger partial charge on any atom is 0.226 e. The molecule has 1 fully saturated rings. The predicted octanol–water partition coefficient (Wildman–Crippen LogP) is 2.25. The monoisotopic (exact) mass is 324 g/mol. The number of fused-ring (bicyclic) bond motifs is 1. The average Bonchev–Trinajstić information content (AvgIpc) is 3.23. The summed E-state index contributed by atoms with van der Waals surface area (Å²) in [5.74, 6) is 1.71. The molecule has 0 radical (unpaired) electrons. The minimum atomic E-state index is 0.254. The summed E-state index contributed by atoms with van der Waals surface area (Å²) in [6, 6.07) is 6.59. The first-order valence-electron chi connectivity index (χ1n) is 8.93. The SMILES string of the molecule is Cn1cnnc1C1CCN(C(=O)Cc2ccc3c(c2)CCC3)CC1. The third-order valence-electron chi connectivity index (χ3n) is 5.48.